The lowest BCUT2D eigenvalue weighted by atomic mass is 10.1. The minimum absolute atomic E-state index is 0.0607. The van der Waals surface area contributed by atoms with Crippen molar-refractivity contribution in [3.8, 4) is 0 Å². The molecule has 21 heavy (non-hydrogen) atoms. The topological polar surface area (TPSA) is 86.8 Å². The van der Waals surface area contributed by atoms with Gasteiger partial charge in [-0.1, -0.05) is 27.7 Å². The maximum Gasteiger partial charge on any atom is 0.334 e. The Labute approximate surface area is 124 Å². The van der Waals surface area contributed by atoms with Crippen molar-refractivity contribution in [2.75, 3.05) is 19.6 Å². The third-order valence-corrected chi connectivity index (χ3v) is 3.03. The number of urea groups is 1. The molecule has 1 rings (SSSR count). The monoisotopic (exact) mass is 297 g/mol. The van der Waals surface area contributed by atoms with Crippen LogP contribution < -0.4 is 5.32 Å². The largest absolute Gasteiger partial charge is 0.355 e. The summed E-state index contributed by atoms with van der Waals surface area (Å²) in [6.07, 6.45) is 0.812. The predicted octanol–water partition coefficient (Wildman–Crippen LogP) is 0.596. The Morgan fingerprint density at radius 2 is 1.57 bits per heavy atom. The van der Waals surface area contributed by atoms with E-state index in [2.05, 4.69) is 5.32 Å². The Balaban J connectivity index is 2.59. The molecule has 0 aromatic carbocycles. The van der Waals surface area contributed by atoms with Gasteiger partial charge in [-0.15, -0.1) is 0 Å². The average molecular weight is 297 g/mol. The van der Waals surface area contributed by atoms with E-state index in [-0.39, 0.29) is 12.5 Å². The fraction of sp³-hybridized carbons (Fsp3) is 0.714. The highest BCUT2D eigenvalue weighted by molar-refractivity contribution is 6.45. The summed E-state index contributed by atoms with van der Waals surface area (Å²) in [4.78, 5) is 48.8. The molecule has 7 nitrogen and oxygen atoms in total. The molecule has 7 heteroatoms. The Kier molecular flexibility index (Phi) is 5.87. The van der Waals surface area contributed by atoms with Crippen LogP contribution >= 0.6 is 0 Å². The van der Waals surface area contributed by atoms with Crippen molar-refractivity contribution in [3.05, 3.63) is 0 Å². The second-order valence-electron chi connectivity index (χ2n) is 6.02. The molecular weight excluding hydrogens is 274 g/mol. The first-order chi connectivity index (χ1) is 9.73. The van der Waals surface area contributed by atoms with E-state index >= 15 is 0 Å². The van der Waals surface area contributed by atoms with Crippen molar-refractivity contribution in [2.24, 2.45) is 11.8 Å². The third kappa shape index (κ3) is 4.54. The van der Waals surface area contributed by atoms with Gasteiger partial charge in [-0.3, -0.25) is 19.3 Å². The van der Waals surface area contributed by atoms with Crippen molar-refractivity contribution in [1.82, 2.24) is 15.1 Å². The standard InChI is InChI=1S/C14H23N3O4/c1-9(2)5-6-15-11(18)8-17-13(20)12(19)16(14(17)21)7-10(3)4/h9-10H,5-8H2,1-4H3,(H,15,18). The van der Waals surface area contributed by atoms with Crippen molar-refractivity contribution in [2.45, 2.75) is 34.1 Å². The lowest BCUT2D eigenvalue weighted by molar-refractivity contribution is -0.144. The van der Waals surface area contributed by atoms with Crippen LogP contribution in [0, 0.1) is 11.8 Å². The summed E-state index contributed by atoms with van der Waals surface area (Å²) in [7, 11) is 0. The van der Waals surface area contributed by atoms with Gasteiger partial charge in [0.2, 0.25) is 5.91 Å². The van der Waals surface area contributed by atoms with Gasteiger partial charge < -0.3 is 5.32 Å². The SMILES string of the molecule is CC(C)CCNC(=O)CN1C(=O)C(=O)N(CC(C)C)C1=O. The molecule has 0 radical (unpaired) electrons. The number of hydrogen-bond donors (Lipinski definition) is 1. The summed E-state index contributed by atoms with van der Waals surface area (Å²) in [5.41, 5.74) is 0. The summed E-state index contributed by atoms with van der Waals surface area (Å²) in [6.45, 7) is 7.99. The molecule has 1 aliphatic rings. The van der Waals surface area contributed by atoms with E-state index in [0.29, 0.717) is 17.4 Å². The van der Waals surface area contributed by atoms with Crippen LogP contribution in [-0.4, -0.2) is 53.2 Å². The van der Waals surface area contributed by atoms with Crippen LogP contribution in [-0.2, 0) is 14.4 Å². The van der Waals surface area contributed by atoms with E-state index in [4.69, 9.17) is 0 Å². The normalized spacial score (nSPS) is 15.6. The zero-order chi connectivity index (χ0) is 16.2. The molecule has 1 saturated heterocycles. The zero-order valence-electron chi connectivity index (χ0n) is 13.0. The van der Waals surface area contributed by atoms with Crippen molar-refractivity contribution in [1.29, 1.82) is 0 Å². The predicted molar refractivity (Wildman–Crippen MR) is 76.1 cm³/mol. The first-order valence-electron chi connectivity index (χ1n) is 7.18. The Bertz CT molecular complexity index is 446. The number of nitrogens with zero attached hydrogens (tertiary/aromatic N) is 2. The van der Waals surface area contributed by atoms with Gasteiger partial charge in [-0.2, -0.15) is 0 Å². The molecular formula is C14H23N3O4. The summed E-state index contributed by atoms with van der Waals surface area (Å²) < 4.78 is 0. The van der Waals surface area contributed by atoms with Gasteiger partial charge in [-0.05, 0) is 18.3 Å². The van der Waals surface area contributed by atoms with Crippen LogP contribution in [0.1, 0.15) is 34.1 Å². The van der Waals surface area contributed by atoms with Gasteiger partial charge in [0.15, 0.2) is 0 Å². The molecule has 1 N–H and O–H groups in total. The molecule has 0 unspecified atom stereocenters. The van der Waals surface area contributed by atoms with E-state index in [0.717, 1.165) is 11.3 Å². The van der Waals surface area contributed by atoms with E-state index in [9.17, 15) is 19.2 Å². The minimum atomic E-state index is -0.931. The van der Waals surface area contributed by atoms with Crippen LogP contribution in [0.4, 0.5) is 4.79 Å². The van der Waals surface area contributed by atoms with Crippen LogP contribution in [0.3, 0.4) is 0 Å². The Morgan fingerprint density at radius 1 is 1.00 bits per heavy atom. The van der Waals surface area contributed by atoms with E-state index in [1.807, 2.05) is 27.7 Å². The van der Waals surface area contributed by atoms with Crippen molar-refractivity contribution < 1.29 is 19.2 Å². The maximum atomic E-state index is 12.0. The van der Waals surface area contributed by atoms with Gasteiger partial charge in [0.1, 0.15) is 6.54 Å². The molecule has 5 amide bonds. The average Bonchev–Trinajstić information content (AvgIpc) is 2.55. The fourth-order valence-corrected chi connectivity index (χ4v) is 1.92. The second-order valence-corrected chi connectivity index (χ2v) is 6.02. The Hall–Kier alpha value is -1.92. The number of amides is 5. The quantitative estimate of drug-likeness (QED) is 0.550. The van der Waals surface area contributed by atoms with Crippen LogP contribution in [0.15, 0.2) is 0 Å². The first-order valence-corrected chi connectivity index (χ1v) is 7.18. The number of rotatable bonds is 7. The highest BCUT2D eigenvalue weighted by Crippen LogP contribution is 2.13. The van der Waals surface area contributed by atoms with E-state index in [1.165, 1.54) is 0 Å². The van der Waals surface area contributed by atoms with Crippen LogP contribution in [0.2, 0.25) is 0 Å². The molecule has 0 spiro atoms. The van der Waals surface area contributed by atoms with E-state index < -0.39 is 30.3 Å². The molecule has 1 fully saturated rings. The third-order valence-electron chi connectivity index (χ3n) is 3.03. The highest BCUT2D eigenvalue weighted by atomic mass is 16.2. The second kappa shape index (κ2) is 7.19. The van der Waals surface area contributed by atoms with Gasteiger partial charge >= 0.3 is 17.8 Å². The zero-order valence-corrected chi connectivity index (χ0v) is 13.0. The van der Waals surface area contributed by atoms with Crippen LogP contribution in [0.5, 0.6) is 0 Å². The molecule has 0 atom stereocenters. The number of carbonyl (C=O) groups is 4. The summed E-state index contributed by atoms with van der Waals surface area (Å²) in [5.74, 6) is -1.71. The fourth-order valence-electron chi connectivity index (χ4n) is 1.92. The lowest BCUT2D eigenvalue weighted by Gasteiger charge is -2.16. The number of hydrogen-bond acceptors (Lipinski definition) is 4. The highest BCUT2D eigenvalue weighted by Gasteiger charge is 2.45. The molecule has 0 aliphatic carbocycles. The molecule has 0 saturated carbocycles. The Morgan fingerprint density at radius 3 is 2.10 bits per heavy atom. The van der Waals surface area contributed by atoms with Gasteiger partial charge in [-0.25, -0.2) is 9.69 Å². The van der Waals surface area contributed by atoms with E-state index in [1.54, 1.807) is 0 Å². The minimum Gasteiger partial charge on any atom is -0.355 e. The van der Waals surface area contributed by atoms with Crippen molar-refractivity contribution in [3.63, 3.8) is 0 Å². The van der Waals surface area contributed by atoms with Gasteiger partial charge in [0.25, 0.3) is 0 Å². The van der Waals surface area contributed by atoms with Crippen molar-refractivity contribution >= 4 is 23.8 Å². The number of imide groups is 2. The van der Waals surface area contributed by atoms with Gasteiger partial charge in [0, 0.05) is 13.1 Å². The summed E-state index contributed by atoms with van der Waals surface area (Å²) in [5, 5.41) is 2.64. The lowest BCUT2D eigenvalue weighted by Crippen LogP contribution is -2.42. The molecule has 0 aromatic heterocycles. The smallest absolute Gasteiger partial charge is 0.334 e. The summed E-state index contributed by atoms with van der Waals surface area (Å²) in [6, 6.07) is -0.710. The van der Waals surface area contributed by atoms with Gasteiger partial charge in [0.05, 0.1) is 0 Å². The molecule has 118 valence electrons. The molecule has 1 heterocycles. The molecule has 0 bridgehead atoms. The number of nitrogens with one attached hydrogen (secondary N) is 1. The number of carbonyl (C=O) groups excluding carboxylic acids is 4. The summed E-state index contributed by atoms with van der Waals surface area (Å²) >= 11 is 0. The molecule has 0 aromatic rings. The maximum absolute atomic E-state index is 12.0. The molecule has 1 aliphatic heterocycles. The first kappa shape index (κ1) is 17.1. The van der Waals surface area contributed by atoms with Crippen LogP contribution in [0.25, 0.3) is 0 Å².